The average Bonchev–Trinajstić information content (AvgIpc) is 2.50. The van der Waals surface area contributed by atoms with Crippen molar-refractivity contribution in [1.29, 1.82) is 0 Å². The molecule has 0 aliphatic heterocycles. The van der Waals surface area contributed by atoms with Gasteiger partial charge in [-0.2, -0.15) is 0 Å². The minimum atomic E-state index is -0.778. The van der Waals surface area contributed by atoms with Gasteiger partial charge in [0, 0.05) is 6.42 Å². The van der Waals surface area contributed by atoms with Crippen LogP contribution in [0, 0.1) is 0 Å². The van der Waals surface area contributed by atoms with Crippen molar-refractivity contribution in [2.24, 2.45) is 0 Å². The summed E-state index contributed by atoms with van der Waals surface area (Å²) in [4.78, 5) is 11.4. The summed E-state index contributed by atoms with van der Waals surface area (Å²) < 4.78 is 4.78. The Kier molecular flexibility index (Phi) is 2.88. The van der Waals surface area contributed by atoms with E-state index in [0.717, 1.165) is 0 Å². The van der Waals surface area contributed by atoms with Gasteiger partial charge in [-0.15, -0.1) is 0 Å². The van der Waals surface area contributed by atoms with Crippen molar-refractivity contribution in [1.82, 2.24) is 0 Å². The molecule has 1 heterocycles. The maximum absolute atomic E-state index is 11.4. The van der Waals surface area contributed by atoms with Crippen LogP contribution in [0.25, 0.3) is 0 Å². The smallest absolute Gasteiger partial charge is 0.166 e. The van der Waals surface area contributed by atoms with Crippen LogP contribution in [0.5, 0.6) is 0 Å². The van der Waals surface area contributed by atoms with E-state index in [0.29, 0.717) is 18.4 Å². The van der Waals surface area contributed by atoms with E-state index in [1.807, 2.05) is 0 Å². The van der Waals surface area contributed by atoms with Gasteiger partial charge in [0.05, 0.1) is 17.4 Å². The number of ketones is 1. The summed E-state index contributed by atoms with van der Waals surface area (Å²) in [6.07, 6.45) is 3.71. The topological polar surface area (TPSA) is 50.4 Å². The lowest BCUT2D eigenvalue weighted by molar-refractivity contribution is 0.0633. The number of carbonyl (C=O) groups is 1. The summed E-state index contributed by atoms with van der Waals surface area (Å²) in [6, 6.07) is 1.63. The molecule has 0 aliphatic carbocycles. The van der Waals surface area contributed by atoms with Gasteiger partial charge >= 0.3 is 0 Å². The number of Topliss-reactive ketones (excluding diaryl/α,β-unsaturated/α-hetero) is 1. The SMILES string of the molecule is CC(C)(O)CCC(=O)c1ccoc1. The summed E-state index contributed by atoms with van der Waals surface area (Å²) in [5.74, 6) is 0.0101. The molecule has 0 aliphatic rings. The highest BCUT2D eigenvalue weighted by atomic mass is 16.3. The molecule has 0 fully saturated rings. The normalized spacial score (nSPS) is 11.6. The van der Waals surface area contributed by atoms with Crippen LogP contribution in [0.15, 0.2) is 23.0 Å². The lowest BCUT2D eigenvalue weighted by atomic mass is 9.99. The minimum absolute atomic E-state index is 0.0101. The Morgan fingerprint density at radius 2 is 2.31 bits per heavy atom. The van der Waals surface area contributed by atoms with Gasteiger partial charge in [0.2, 0.25) is 0 Å². The predicted octanol–water partition coefficient (Wildman–Crippen LogP) is 2.01. The largest absolute Gasteiger partial charge is 0.472 e. The average molecular weight is 182 g/mol. The fraction of sp³-hybridized carbons (Fsp3) is 0.500. The van der Waals surface area contributed by atoms with Gasteiger partial charge in [-0.05, 0) is 26.3 Å². The van der Waals surface area contributed by atoms with Crippen LogP contribution in [0.1, 0.15) is 37.0 Å². The Morgan fingerprint density at radius 1 is 1.62 bits per heavy atom. The van der Waals surface area contributed by atoms with Crippen molar-refractivity contribution >= 4 is 5.78 Å². The second-order valence-corrected chi connectivity index (χ2v) is 3.75. The third kappa shape index (κ3) is 3.42. The van der Waals surface area contributed by atoms with E-state index in [-0.39, 0.29) is 5.78 Å². The molecule has 0 aromatic carbocycles. The van der Waals surface area contributed by atoms with E-state index in [9.17, 15) is 9.90 Å². The van der Waals surface area contributed by atoms with Gasteiger partial charge < -0.3 is 9.52 Å². The molecule has 0 radical (unpaired) electrons. The molecular formula is C10H14O3. The molecule has 3 heteroatoms. The number of carbonyl (C=O) groups excluding carboxylic acids is 1. The Labute approximate surface area is 77.4 Å². The third-order valence-corrected chi connectivity index (χ3v) is 1.81. The van der Waals surface area contributed by atoms with Crippen LogP contribution in [-0.2, 0) is 0 Å². The van der Waals surface area contributed by atoms with Crippen LogP contribution >= 0.6 is 0 Å². The molecule has 0 unspecified atom stereocenters. The van der Waals surface area contributed by atoms with Crippen LogP contribution in [0.4, 0.5) is 0 Å². The monoisotopic (exact) mass is 182 g/mol. The van der Waals surface area contributed by atoms with Crippen LogP contribution in [0.2, 0.25) is 0 Å². The molecule has 1 aromatic rings. The molecule has 0 saturated carbocycles. The first-order valence-electron chi connectivity index (χ1n) is 4.27. The van der Waals surface area contributed by atoms with Gasteiger partial charge in [-0.25, -0.2) is 0 Å². The number of hydrogen-bond acceptors (Lipinski definition) is 3. The highest BCUT2D eigenvalue weighted by Crippen LogP contribution is 2.13. The lowest BCUT2D eigenvalue weighted by Crippen LogP contribution is -2.19. The first kappa shape index (κ1) is 9.99. The molecule has 0 spiro atoms. The highest BCUT2D eigenvalue weighted by molar-refractivity contribution is 5.95. The van der Waals surface area contributed by atoms with Crippen molar-refractivity contribution in [3.05, 3.63) is 24.2 Å². The molecule has 1 rings (SSSR count). The van der Waals surface area contributed by atoms with E-state index in [1.165, 1.54) is 12.5 Å². The Morgan fingerprint density at radius 3 is 2.77 bits per heavy atom. The van der Waals surface area contributed by atoms with Crippen molar-refractivity contribution in [3.8, 4) is 0 Å². The Bertz CT molecular complexity index is 267. The molecule has 0 saturated heterocycles. The Hall–Kier alpha value is -1.09. The zero-order valence-corrected chi connectivity index (χ0v) is 7.91. The maximum atomic E-state index is 11.4. The van der Waals surface area contributed by atoms with E-state index >= 15 is 0 Å². The number of aliphatic hydroxyl groups is 1. The van der Waals surface area contributed by atoms with Gasteiger partial charge in [-0.1, -0.05) is 0 Å². The Balaban J connectivity index is 2.44. The van der Waals surface area contributed by atoms with Crippen molar-refractivity contribution in [3.63, 3.8) is 0 Å². The minimum Gasteiger partial charge on any atom is -0.472 e. The van der Waals surface area contributed by atoms with Crippen LogP contribution in [-0.4, -0.2) is 16.5 Å². The van der Waals surface area contributed by atoms with Gasteiger partial charge in [0.15, 0.2) is 5.78 Å². The van der Waals surface area contributed by atoms with Gasteiger partial charge in [0.1, 0.15) is 6.26 Å². The van der Waals surface area contributed by atoms with E-state index in [4.69, 9.17) is 4.42 Å². The predicted molar refractivity (Wildman–Crippen MR) is 48.6 cm³/mol. The van der Waals surface area contributed by atoms with Crippen molar-refractivity contribution in [2.75, 3.05) is 0 Å². The summed E-state index contributed by atoms with van der Waals surface area (Å²) >= 11 is 0. The fourth-order valence-corrected chi connectivity index (χ4v) is 0.987. The molecule has 1 N–H and O–H groups in total. The molecule has 1 aromatic heterocycles. The van der Waals surface area contributed by atoms with E-state index in [2.05, 4.69) is 0 Å². The van der Waals surface area contributed by atoms with Crippen LogP contribution in [0.3, 0.4) is 0 Å². The summed E-state index contributed by atoms with van der Waals surface area (Å²) in [5, 5.41) is 9.39. The maximum Gasteiger partial charge on any atom is 0.166 e. The van der Waals surface area contributed by atoms with Gasteiger partial charge in [0.25, 0.3) is 0 Å². The molecule has 0 atom stereocenters. The molecule has 3 nitrogen and oxygen atoms in total. The second kappa shape index (κ2) is 3.75. The van der Waals surface area contributed by atoms with E-state index in [1.54, 1.807) is 19.9 Å². The second-order valence-electron chi connectivity index (χ2n) is 3.75. The molecule has 13 heavy (non-hydrogen) atoms. The lowest BCUT2D eigenvalue weighted by Gasteiger charge is -2.15. The highest BCUT2D eigenvalue weighted by Gasteiger charge is 2.15. The molecule has 72 valence electrons. The van der Waals surface area contributed by atoms with Crippen molar-refractivity contribution in [2.45, 2.75) is 32.3 Å². The zero-order valence-electron chi connectivity index (χ0n) is 7.91. The van der Waals surface area contributed by atoms with Crippen molar-refractivity contribution < 1.29 is 14.3 Å². The van der Waals surface area contributed by atoms with Crippen LogP contribution < -0.4 is 0 Å². The number of hydrogen-bond donors (Lipinski definition) is 1. The first-order chi connectivity index (χ1) is 5.99. The zero-order chi connectivity index (χ0) is 9.90. The van der Waals surface area contributed by atoms with Gasteiger partial charge in [-0.3, -0.25) is 4.79 Å². The first-order valence-corrected chi connectivity index (χ1v) is 4.27. The molecular weight excluding hydrogens is 168 g/mol. The molecule has 0 amide bonds. The number of rotatable bonds is 4. The standard InChI is InChI=1S/C10H14O3/c1-10(2,12)5-3-9(11)8-4-6-13-7-8/h4,6-7,12H,3,5H2,1-2H3. The molecule has 0 bridgehead atoms. The summed E-state index contributed by atoms with van der Waals surface area (Å²) in [6.45, 7) is 3.38. The summed E-state index contributed by atoms with van der Waals surface area (Å²) in [7, 11) is 0. The number of furan rings is 1. The van der Waals surface area contributed by atoms with E-state index < -0.39 is 5.60 Å². The summed E-state index contributed by atoms with van der Waals surface area (Å²) in [5.41, 5.74) is -0.205. The third-order valence-electron chi connectivity index (χ3n) is 1.81. The quantitative estimate of drug-likeness (QED) is 0.724. The fourth-order valence-electron chi connectivity index (χ4n) is 0.987.